The molecular weight excluding hydrogens is 662 g/mol. The molecule has 0 aromatic heterocycles. The van der Waals surface area contributed by atoms with Crippen molar-refractivity contribution in [1.82, 2.24) is 25.3 Å². The fourth-order valence-electron chi connectivity index (χ4n) is 6.56. The lowest BCUT2D eigenvalue weighted by atomic mass is 9.98. The fraction of sp³-hybridized carbons (Fsp3) is 0.425. The molecule has 276 valence electrons. The normalized spacial score (nSPS) is 19.5. The lowest BCUT2D eigenvalue weighted by Gasteiger charge is -2.39. The second-order valence-corrected chi connectivity index (χ2v) is 14.4. The highest BCUT2D eigenvalue weighted by molar-refractivity contribution is 5.95. The second-order valence-electron chi connectivity index (χ2n) is 14.4. The van der Waals surface area contributed by atoms with Crippen LogP contribution >= 0.6 is 0 Å². The van der Waals surface area contributed by atoms with Crippen LogP contribution in [0.4, 0.5) is 9.59 Å². The summed E-state index contributed by atoms with van der Waals surface area (Å²) in [4.78, 5) is 72.8. The van der Waals surface area contributed by atoms with Gasteiger partial charge in [0, 0.05) is 19.6 Å². The number of rotatable bonds is 9. The zero-order chi connectivity index (χ0) is 37.4. The van der Waals surface area contributed by atoms with Crippen molar-refractivity contribution >= 4 is 29.9 Å². The molecule has 2 saturated heterocycles. The fourth-order valence-corrected chi connectivity index (χ4v) is 6.56. The van der Waals surface area contributed by atoms with Crippen LogP contribution in [0, 0.1) is 0 Å². The third kappa shape index (κ3) is 9.48. The highest BCUT2D eigenvalue weighted by Crippen LogP contribution is 2.31. The number of nitrogens with zero attached hydrogens (tertiary/aromatic N) is 3. The van der Waals surface area contributed by atoms with Crippen LogP contribution in [0.5, 0.6) is 0 Å². The molecule has 4 atom stereocenters. The lowest BCUT2D eigenvalue weighted by Crippen LogP contribution is -2.62. The molecule has 0 spiro atoms. The predicted molar refractivity (Wildman–Crippen MR) is 195 cm³/mol. The zero-order valence-electron chi connectivity index (χ0n) is 30.5. The summed E-state index contributed by atoms with van der Waals surface area (Å²) in [6.07, 6.45) is 0.0540. The Morgan fingerprint density at radius 2 is 1.44 bits per heavy atom. The maximum absolute atomic E-state index is 14.6. The average Bonchev–Trinajstić information content (AvgIpc) is 3.56. The van der Waals surface area contributed by atoms with Gasteiger partial charge in [0.25, 0.3) is 0 Å². The quantitative estimate of drug-likeness (QED) is 0.318. The summed E-state index contributed by atoms with van der Waals surface area (Å²) in [5.41, 5.74) is 1.82. The Bertz CT molecular complexity index is 1660. The molecule has 0 saturated carbocycles. The van der Waals surface area contributed by atoms with E-state index >= 15 is 0 Å². The molecule has 0 aliphatic carbocycles. The maximum Gasteiger partial charge on any atom is 0.410 e. The van der Waals surface area contributed by atoms with Crippen molar-refractivity contribution in [3.63, 3.8) is 0 Å². The SMILES string of the molecule is C[C@@H](C(=O)N[C@H]1CN(C(=O)OCc2ccccc2)CCC2CC[C@@H](C(=O)NC(c3ccccc3)c3ccccc3)N2C1=O)N(C)C(=O)OC(C)(C)C. The van der Waals surface area contributed by atoms with Gasteiger partial charge in [-0.2, -0.15) is 0 Å². The average molecular weight is 712 g/mol. The van der Waals surface area contributed by atoms with Gasteiger partial charge in [-0.1, -0.05) is 91.0 Å². The van der Waals surface area contributed by atoms with Crippen molar-refractivity contribution in [2.45, 2.75) is 89.4 Å². The highest BCUT2D eigenvalue weighted by Gasteiger charge is 2.46. The number of carbonyl (C=O) groups excluding carboxylic acids is 5. The van der Waals surface area contributed by atoms with Gasteiger partial charge in [-0.25, -0.2) is 9.59 Å². The molecule has 5 amide bonds. The molecule has 1 unspecified atom stereocenters. The number of carbonyl (C=O) groups is 5. The summed E-state index contributed by atoms with van der Waals surface area (Å²) < 4.78 is 11.1. The van der Waals surface area contributed by atoms with Crippen molar-refractivity contribution in [2.24, 2.45) is 0 Å². The Morgan fingerprint density at radius 1 is 0.865 bits per heavy atom. The summed E-state index contributed by atoms with van der Waals surface area (Å²) in [5, 5.41) is 5.99. The smallest absolute Gasteiger partial charge is 0.410 e. The number of likely N-dealkylation sites (N-methyl/N-ethyl adjacent to an activating group) is 1. The van der Waals surface area contributed by atoms with E-state index in [4.69, 9.17) is 9.47 Å². The van der Waals surface area contributed by atoms with Gasteiger partial charge in [0.15, 0.2) is 0 Å². The van der Waals surface area contributed by atoms with E-state index in [9.17, 15) is 24.0 Å². The van der Waals surface area contributed by atoms with Gasteiger partial charge in [-0.3, -0.25) is 19.3 Å². The van der Waals surface area contributed by atoms with Gasteiger partial charge < -0.3 is 29.9 Å². The predicted octanol–water partition coefficient (Wildman–Crippen LogP) is 5.03. The Kier molecular flexibility index (Phi) is 12.2. The van der Waals surface area contributed by atoms with Crippen molar-refractivity contribution in [2.75, 3.05) is 20.1 Å². The van der Waals surface area contributed by atoms with Crippen LogP contribution in [0.25, 0.3) is 0 Å². The van der Waals surface area contributed by atoms with Crippen LogP contribution in [0.2, 0.25) is 0 Å². The zero-order valence-corrected chi connectivity index (χ0v) is 30.5. The molecule has 2 heterocycles. The van der Waals surface area contributed by atoms with Crippen molar-refractivity contribution in [3.05, 3.63) is 108 Å². The maximum atomic E-state index is 14.6. The lowest BCUT2D eigenvalue weighted by molar-refractivity contribution is -0.145. The molecule has 2 aliphatic rings. The van der Waals surface area contributed by atoms with Crippen molar-refractivity contribution in [1.29, 1.82) is 0 Å². The molecule has 3 aromatic carbocycles. The van der Waals surface area contributed by atoms with E-state index in [1.807, 2.05) is 91.0 Å². The minimum atomic E-state index is -1.22. The van der Waals surface area contributed by atoms with E-state index in [0.29, 0.717) is 19.3 Å². The molecule has 3 aromatic rings. The largest absolute Gasteiger partial charge is 0.445 e. The van der Waals surface area contributed by atoms with E-state index in [1.165, 1.54) is 18.9 Å². The molecule has 2 N–H and O–H groups in total. The van der Waals surface area contributed by atoms with Crippen LogP contribution < -0.4 is 10.6 Å². The molecule has 5 rings (SSSR count). The molecule has 52 heavy (non-hydrogen) atoms. The standard InChI is InChI=1S/C40H49N5O7/c1-27(43(5)38(49)52-40(2,3)4)35(46)41-32-25-44(39(50)51-26-28-15-9-6-10-16-28)24-23-31-21-22-33(45(31)37(32)48)36(47)42-34(29-17-11-7-12-18-29)30-19-13-8-14-20-30/h6-20,27,31-34H,21-26H2,1-5H3,(H,41,46)(H,42,47)/t27-,31?,32-,33-/m0/s1. The first-order valence-electron chi connectivity index (χ1n) is 17.8. The third-order valence-electron chi connectivity index (χ3n) is 9.47. The Morgan fingerprint density at radius 3 is 2.02 bits per heavy atom. The minimum Gasteiger partial charge on any atom is -0.445 e. The third-order valence-corrected chi connectivity index (χ3v) is 9.47. The van der Waals surface area contributed by atoms with E-state index < -0.39 is 53.8 Å². The molecule has 12 nitrogen and oxygen atoms in total. The van der Waals surface area contributed by atoms with Crippen molar-refractivity contribution in [3.8, 4) is 0 Å². The Labute approximate surface area is 305 Å². The molecular formula is C40H49N5O7. The number of benzene rings is 3. The Balaban J connectivity index is 1.38. The monoisotopic (exact) mass is 711 g/mol. The molecule has 12 heteroatoms. The van der Waals surface area contributed by atoms with Crippen LogP contribution in [-0.2, 0) is 30.5 Å². The summed E-state index contributed by atoms with van der Waals surface area (Å²) in [6, 6.07) is 24.7. The van der Waals surface area contributed by atoms with Gasteiger partial charge in [0.05, 0.1) is 12.6 Å². The highest BCUT2D eigenvalue weighted by atomic mass is 16.6. The van der Waals surface area contributed by atoms with E-state index in [2.05, 4.69) is 10.6 Å². The first kappa shape index (κ1) is 37.9. The number of ether oxygens (including phenoxy) is 2. The van der Waals surface area contributed by atoms with E-state index in [0.717, 1.165) is 21.6 Å². The minimum absolute atomic E-state index is 0.0423. The first-order chi connectivity index (χ1) is 24.8. The second kappa shape index (κ2) is 16.8. The molecule has 0 radical (unpaired) electrons. The van der Waals surface area contributed by atoms with E-state index in [-0.39, 0.29) is 31.6 Å². The number of hydrogen-bond acceptors (Lipinski definition) is 7. The number of amides is 5. The number of nitrogens with one attached hydrogen (secondary N) is 2. The van der Waals surface area contributed by atoms with Crippen LogP contribution in [0.15, 0.2) is 91.0 Å². The summed E-state index contributed by atoms with van der Waals surface area (Å²) in [7, 11) is 1.44. The van der Waals surface area contributed by atoms with Gasteiger partial charge >= 0.3 is 12.2 Å². The number of hydrogen-bond donors (Lipinski definition) is 2. The molecule has 2 fully saturated rings. The van der Waals surface area contributed by atoms with Gasteiger partial charge in [-0.05, 0) is 63.6 Å². The first-order valence-corrected chi connectivity index (χ1v) is 17.8. The van der Waals surface area contributed by atoms with Gasteiger partial charge in [-0.15, -0.1) is 0 Å². The molecule has 2 aliphatic heterocycles. The topological polar surface area (TPSA) is 138 Å². The van der Waals surface area contributed by atoms with Crippen molar-refractivity contribution < 1.29 is 33.4 Å². The van der Waals surface area contributed by atoms with E-state index in [1.54, 1.807) is 25.7 Å². The van der Waals surface area contributed by atoms with Crippen LogP contribution in [0.1, 0.15) is 69.7 Å². The Hall–Kier alpha value is -5.39. The summed E-state index contributed by atoms with van der Waals surface area (Å²) >= 11 is 0. The number of fused-ring (bicyclic) bond motifs is 1. The summed E-state index contributed by atoms with van der Waals surface area (Å²) in [6.45, 7) is 6.80. The van der Waals surface area contributed by atoms with Crippen LogP contribution in [0.3, 0.4) is 0 Å². The summed E-state index contributed by atoms with van der Waals surface area (Å²) in [5.74, 6) is -1.41. The van der Waals surface area contributed by atoms with Gasteiger partial charge in [0.1, 0.15) is 30.3 Å². The van der Waals surface area contributed by atoms with Gasteiger partial charge in [0.2, 0.25) is 17.7 Å². The molecule has 0 bridgehead atoms. The van der Waals surface area contributed by atoms with Crippen LogP contribution in [-0.4, -0.2) is 94.5 Å².